The molecule has 44 heavy (non-hydrogen) atoms. The van der Waals surface area contributed by atoms with E-state index in [1.54, 1.807) is 13.8 Å². The third-order valence-electron chi connectivity index (χ3n) is 8.52. The van der Waals surface area contributed by atoms with Crippen molar-refractivity contribution in [1.29, 1.82) is 0 Å². The molecule has 0 spiro atoms. The Balaban J connectivity index is 1.13. The van der Waals surface area contributed by atoms with Crippen LogP contribution in [0.1, 0.15) is 63.1 Å². The van der Waals surface area contributed by atoms with Crippen LogP contribution in [0.15, 0.2) is 41.5 Å². The average molecular weight is 641 g/mol. The van der Waals surface area contributed by atoms with Gasteiger partial charge in [-0.15, -0.1) is 0 Å². The van der Waals surface area contributed by atoms with Crippen LogP contribution in [-0.2, 0) is 16.8 Å². The topological polar surface area (TPSA) is 119 Å². The predicted molar refractivity (Wildman–Crippen MR) is 178 cm³/mol. The number of nitrogens with one attached hydrogen (secondary N) is 2. The maximum Gasteiger partial charge on any atom is 0.275 e. The fourth-order valence-electron chi connectivity index (χ4n) is 6.49. The van der Waals surface area contributed by atoms with Crippen molar-refractivity contribution in [2.45, 2.75) is 70.6 Å². The van der Waals surface area contributed by atoms with E-state index in [4.69, 9.17) is 21.7 Å². The van der Waals surface area contributed by atoms with E-state index in [1.165, 1.54) is 18.4 Å². The van der Waals surface area contributed by atoms with Gasteiger partial charge in [0.05, 0.1) is 17.1 Å². The first-order valence-electron chi connectivity index (χ1n) is 15.6. The van der Waals surface area contributed by atoms with Gasteiger partial charge >= 0.3 is 0 Å². The molecule has 1 aromatic carbocycles. The van der Waals surface area contributed by atoms with Crippen molar-refractivity contribution in [3.63, 3.8) is 0 Å². The van der Waals surface area contributed by atoms with Gasteiger partial charge in [-0.25, -0.2) is 10.1 Å². The summed E-state index contributed by atoms with van der Waals surface area (Å²) >= 11 is 6.76. The normalized spacial score (nSPS) is 20.6. The summed E-state index contributed by atoms with van der Waals surface area (Å²) in [4.78, 5) is 16.9. The van der Waals surface area contributed by atoms with E-state index < -0.39 is 15.7 Å². The second-order valence-electron chi connectivity index (χ2n) is 12.5. The molecule has 3 aliphatic heterocycles. The van der Waals surface area contributed by atoms with Crippen LogP contribution in [0.3, 0.4) is 0 Å². The van der Waals surface area contributed by atoms with Crippen LogP contribution in [-0.4, -0.2) is 92.5 Å². The van der Waals surface area contributed by atoms with Gasteiger partial charge in [0.1, 0.15) is 11.7 Å². The van der Waals surface area contributed by atoms with Crippen molar-refractivity contribution in [3.8, 4) is 11.8 Å². The first-order valence-corrected chi connectivity index (χ1v) is 17.5. The number of amidine groups is 1. The molecule has 12 heteroatoms. The lowest BCUT2D eigenvalue weighted by Crippen LogP contribution is -2.58. The zero-order chi connectivity index (χ0) is 31.3. The van der Waals surface area contributed by atoms with Gasteiger partial charge in [-0.3, -0.25) is 14.8 Å². The second kappa shape index (κ2) is 14.1. The SMILES string of the molecule is CCC[C@H]1CN(c2ncc(C3=NCCN3)cc2Cl)CCN1C1CCN(Cc2ccc(C#CC(C)(C)NS(N)(=O)=O)cc2)CC1. The number of aromatic nitrogens is 1. The zero-order valence-corrected chi connectivity index (χ0v) is 27.6. The Morgan fingerprint density at radius 3 is 2.55 bits per heavy atom. The van der Waals surface area contributed by atoms with E-state index in [-0.39, 0.29) is 0 Å². The molecule has 238 valence electrons. The van der Waals surface area contributed by atoms with Crippen molar-refractivity contribution in [2.75, 3.05) is 50.7 Å². The maximum atomic E-state index is 11.3. The van der Waals surface area contributed by atoms with Gasteiger partial charge in [0.25, 0.3) is 10.2 Å². The van der Waals surface area contributed by atoms with Gasteiger partial charge in [0, 0.05) is 62.1 Å². The van der Waals surface area contributed by atoms with E-state index in [2.05, 4.69) is 60.6 Å². The third kappa shape index (κ3) is 8.71. The van der Waals surface area contributed by atoms with Gasteiger partial charge < -0.3 is 10.2 Å². The number of hydrogen-bond acceptors (Lipinski definition) is 8. The van der Waals surface area contributed by atoms with Gasteiger partial charge in [-0.1, -0.05) is 48.9 Å². The molecule has 1 atom stereocenters. The number of likely N-dealkylation sites (tertiary alicyclic amines) is 1. The van der Waals surface area contributed by atoms with Gasteiger partial charge in [0.2, 0.25) is 0 Å². The van der Waals surface area contributed by atoms with E-state index in [1.807, 2.05) is 24.4 Å². The van der Waals surface area contributed by atoms with Gasteiger partial charge in [-0.05, 0) is 70.0 Å². The fraction of sp³-hybridized carbons (Fsp3) is 0.562. The molecule has 0 aliphatic carbocycles. The smallest absolute Gasteiger partial charge is 0.275 e. The number of nitrogens with two attached hydrogens (primary N) is 1. The van der Waals surface area contributed by atoms with Crippen LogP contribution in [0.4, 0.5) is 5.82 Å². The lowest BCUT2D eigenvalue weighted by atomic mass is 9.97. The van der Waals surface area contributed by atoms with Crippen molar-refractivity contribution < 1.29 is 8.42 Å². The van der Waals surface area contributed by atoms with Crippen molar-refractivity contribution in [1.82, 2.24) is 24.8 Å². The predicted octanol–water partition coefficient (Wildman–Crippen LogP) is 2.96. The highest BCUT2D eigenvalue weighted by atomic mass is 35.5. The van der Waals surface area contributed by atoms with Crippen LogP contribution in [0.5, 0.6) is 0 Å². The monoisotopic (exact) mass is 640 g/mol. The number of halogens is 1. The molecule has 0 unspecified atom stereocenters. The van der Waals surface area contributed by atoms with Crippen LogP contribution >= 0.6 is 11.6 Å². The molecule has 2 aromatic rings. The quantitative estimate of drug-likeness (QED) is 0.361. The number of aliphatic imine (C=N–C) groups is 1. The molecule has 0 saturated carbocycles. The minimum Gasteiger partial charge on any atom is -0.368 e. The van der Waals surface area contributed by atoms with Gasteiger partial charge in [0.15, 0.2) is 0 Å². The van der Waals surface area contributed by atoms with E-state index in [0.717, 1.165) is 88.0 Å². The first kappa shape index (κ1) is 32.7. The Labute approximate surface area is 267 Å². The summed E-state index contributed by atoms with van der Waals surface area (Å²) in [5, 5.41) is 9.09. The maximum absolute atomic E-state index is 11.3. The number of benzene rings is 1. The highest BCUT2D eigenvalue weighted by molar-refractivity contribution is 7.87. The zero-order valence-electron chi connectivity index (χ0n) is 26.0. The highest BCUT2D eigenvalue weighted by Gasteiger charge is 2.34. The van der Waals surface area contributed by atoms with Crippen LogP contribution in [0.25, 0.3) is 0 Å². The minimum atomic E-state index is -3.82. The largest absolute Gasteiger partial charge is 0.368 e. The number of piperazine rings is 1. The Morgan fingerprint density at radius 2 is 1.91 bits per heavy atom. The van der Waals surface area contributed by atoms with E-state index >= 15 is 0 Å². The highest BCUT2D eigenvalue weighted by Crippen LogP contribution is 2.30. The molecule has 0 bridgehead atoms. The number of hydrogen-bond donors (Lipinski definition) is 3. The fourth-order valence-corrected chi connectivity index (χ4v) is 7.54. The Morgan fingerprint density at radius 1 is 1.16 bits per heavy atom. The van der Waals surface area contributed by atoms with E-state index in [9.17, 15) is 8.42 Å². The van der Waals surface area contributed by atoms with E-state index in [0.29, 0.717) is 17.1 Å². The molecule has 4 N–H and O–H groups in total. The molecular formula is C32H45ClN8O2S. The summed E-state index contributed by atoms with van der Waals surface area (Å²) in [6.07, 6.45) is 6.54. The molecule has 10 nitrogen and oxygen atoms in total. The summed E-state index contributed by atoms with van der Waals surface area (Å²) in [5.74, 6) is 7.77. The first-order chi connectivity index (χ1) is 21.0. The number of pyridine rings is 1. The van der Waals surface area contributed by atoms with Crippen molar-refractivity contribution in [2.24, 2.45) is 10.1 Å². The van der Waals surface area contributed by atoms with Gasteiger partial charge in [-0.2, -0.15) is 13.1 Å². The Bertz CT molecular complexity index is 1490. The minimum absolute atomic E-state index is 0.488. The van der Waals surface area contributed by atoms with Crippen LogP contribution in [0.2, 0.25) is 5.02 Å². The molecule has 2 fully saturated rings. The molecule has 1 aromatic heterocycles. The summed E-state index contributed by atoms with van der Waals surface area (Å²) in [6.45, 7) is 13.3. The molecule has 0 amide bonds. The molecular weight excluding hydrogens is 596 g/mol. The third-order valence-corrected chi connectivity index (χ3v) is 9.60. The molecule has 5 rings (SSSR count). The standard InChI is InChI=1S/C32H45ClN8O2S/c1-4-5-28-23-40(31-29(33)20-26(21-37-31)30-35-14-15-36-30)18-19-41(28)27-11-16-39(17-12-27)22-25-8-6-24(7-9-25)10-13-32(2,3)38-44(34,42)43/h6-9,20-21,27-28,38H,4-5,11-12,14-19,22-23H2,1-3H3,(H,35,36)(H2,34,42,43)/t28-/m0/s1. The summed E-state index contributed by atoms with van der Waals surface area (Å²) in [6, 6.07) is 11.3. The molecule has 2 saturated heterocycles. The number of nitrogens with zero attached hydrogens (tertiary/aromatic N) is 5. The Hall–Kier alpha value is -2.72. The molecule has 3 aliphatic rings. The summed E-state index contributed by atoms with van der Waals surface area (Å²) < 4.78 is 25.0. The lowest BCUT2D eigenvalue weighted by Gasteiger charge is -2.48. The van der Waals surface area contributed by atoms with Crippen molar-refractivity contribution >= 4 is 33.5 Å². The summed E-state index contributed by atoms with van der Waals surface area (Å²) in [5.41, 5.74) is 2.10. The second-order valence-corrected chi connectivity index (χ2v) is 14.2. The summed E-state index contributed by atoms with van der Waals surface area (Å²) in [7, 11) is -3.82. The average Bonchev–Trinajstić information content (AvgIpc) is 3.52. The number of anilines is 1. The Kier molecular flexibility index (Phi) is 10.5. The lowest BCUT2D eigenvalue weighted by molar-refractivity contribution is 0.0589. The van der Waals surface area contributed by atoms with Crippen LogP contribution < -0.4 is 20.1 Å². The molecule has 0 radical (unpaired) electrons. The van der Waals surface area contributed by atoms with Crippen LogP contribution in [0, 0.1) is 11.8 Å². The number of rotatable bonds is 9. The number of piperidine rings is 1. The molecule has 4 heterocycles. The van der Waals surface area contributed by atoms with Crippen molar-refractivity contribution in [3.05, 3.63) is 58.2 Å².